The third-order valence-corrected chi connectivity index (χ3v) is 1.95. The zero-order chi connectivity index (χ0) is 8.10. The van der Waals surface area contributed by atoms with Crippen LogP contribution in [0.3, 0.4) is 0 Å². The molecule has 58 valence electrons. The fourth-order valence-corrected chi connectivity index (χ4v) is 1.24. The highest BCUT2D eigenvalue weighted by Gasteiger charge is 2.01. The summed E-state index contributed by atoms with van der Waals surface area (Å²) in [6.45, 7) is 3.61. The van der Waals surface area contributed by atoms with Crippen LogP contribution in [-0.2, 0) is 0 Å². The van der Waals surface area contributed by atoms with Gasteiger partial charge in [0.15, 0.2) is 5.76 Å². The summed E-state index contributed by atoms with van der Waals surface area (Å²) in [5.41, 5.74) is 0. The molecule has 0 atom stereocenters. The van der Waals surface area contributed by atoms with E-state index in [2.05, 4.69) is 11.7 Å². The minimum absolute atomic E-state index is 0.789. The van der Waals surface area contributed by atoms with E-state index in [1.807, 2.05) is 18.4 Å². The van der Waals surface area contributed by atoms with Crippen LogP contribution in [0.1, 0.15) is 5.76 Å². The SMILES string of the molecule is C=C/C=C(\SC)c1ccno1. The summed E-state index contributed by atoms with van der Waals surface area (Å²) in [5, 5.41) is 3.61. The van der Waals surface area contributed by atoms with Gasteiger partial charge in [-0.1, -0.05) is 17.8 Å². The molecule has 11 heavy (non-hydrogen) atoms. The van der Waals surface area contributed by atoms with Crippen molar-refractivity contribution in [2.24, 2.45) is 0 Å². The number of aromatic nitrogens is 1. The fraction of sp³-hybridized carbons (Fsp3) is 0.125. The van der Waals surface area contributed by atoms with E-state index in [-0.39, 0.29) is 0 Å². The molecule has 0 unspecified atom stereocenters. The maximum Gasteiger partial charge on any atom is 0.173 e. The van der Waals surface area contributed by atoms with Crippen LogP contribution in [0.15, 0.2) is 35.5 Å². The number of thioether (sulfide) groups is 1. The molecule has 0 radical (unpaired) electrons. The monoisotopic (exact) mass is 167 g/mol. The number of hydrogen-bond acceptors (Lipinski definition) is 3. The maximum absolute atomic E-state index is 4.95. The zero-order valence-corrected chi connectivity index (χ0v) is 7.10. The molecule has 1 aromatic heterocycles. The molecule has 0 amide bonds. The summed E-state index contributed by atoms with van der Waals surface area (Å²) in [6.07, 6.45) is 7.24. The van der Waals surface area contributed by atoms with E-state index >= 15 is 0 Å². The van der Waals surface area contributed by atoms with Crippen LogP contribution in [0.5, 0.6) is 0 Å². The Labute approximate surface area is 70.0 Å². The summed E-state index contributed by atoms with van der Waals surface area (Å²) in [6, 6.07) is 1.83. The minimum Gasteiger partial charge on any atom is -0.356 e. The molecule has 3 heteroatoms. The average Bonchev–Trinajstić information content (AvgIpc) is 2.52. The minimum atomic E-state index is 0.789. The highest BCUT2D eigenvalue weighted by Crippen LogP contribution is 2.24. The van der Waals surface area contributed by atoms with Gasteiger partial charge in [-0.05, 0) is 12.3 Å². The first-order valence-electron chi connectivity index (χ1n) is 3.16. The van der Waals surface area contributed by atoms with E-state index in [0.717, 1.165) is 10.7 Å². The molecule has 0 aromatic carbocycles. The van der Waals surface area contributed by atoms with E-state index in [0.29, 0.717) is 0 Å². The summed E-state index contributed by atoms with van der Waals surface area (Å²) < 4.78 is 4.95. The van der Waals surface area contributed by atoms with Crippen LogP contribution < -0.4 is 0 Å². The Bertz CT molecular complexity index is 251. The number of allylic oxidation sites excluding steroid dienone is 2. The lowest BCUT2D eigenvalue weighted by Gasteiger charge is -1.94. The van der Waals surface area contributed by atoms with Crippen LogP contribution in [0.4, 0.5) is 0 Å². The first-order valence-corrected chi connectivity index (χ1v) is 4.38. The predicted molar refractivity (Wildman–Crippen MR) is 48.2 cm³/mol. The lowest BCUT2D eigenvalue weighted by atomic mass is 10.4. The molecule has 1 heterocycles. The van der Waals surface area contributed by atoms with Crippen molar-refractivity contribution in [3.05, 3.63) is 36.8 Å². The van der Waals surface area contributed by atoms with Crippen molar-refractivity contribution in [3.63, 3.8) is 0 Å². The first kappa shape index (κ1) is 8.14. The summed E-state index contributed by atoms with van der Waals surface area (Å²) in [4.78, 5) is 1.04. The molecule has 0 fully saturated rings. The molecule has 0 aliphatic heterocycles. The molecule has 0 aliphatic rings. The van der Waals surface area contributed by atoms with Crippen molar-refractivity contribution >= 4 is 16.7 Å². The first-order chi connectivity index (χ1) is 5.38. The number of nitrogens with zero attached hydrogens (tertiary/aromatic N) is 1. The van der Waals surface area contributed by atoms with E-state index in [4.69, 9.17) is 4.52 Å². The third kappa shape index (κ3) is 1.98. The van der Waals surface area contributed by atoms with Gasteiger partial charge < -0.3 is 4.52 Å². The van der Waals surface area contributed by atoms with E-state index in [1.165, 1.54) is 0 Å². The van der Waals surface area contributed by atoms with Crippen molar-refractivity contribution in [1.82, 2.24) is 5.16 Å². The second-order valence-electron chi connectivity index (χ2n) is 1.85. The maximum atomic E-state index is 4.95. The topological polar surface area (TPSA) is 26.0 Å². The molecule has 0 aliphatic carbocycles. The van der Waals surface area contributed by atoms with Crippen molar-refractivity contribution in [1.29, 1.82) is 0 Å². The predicted octanol–water partition coefficient (Wildman–Crippen LogP) is 2.56. The van der Waals surface area contributed by atoms with Gasteiger partial charge in [-0.2, -0.15) is 0 Å². The van der Waals surface area contributed by atoms with Crippen LogP contribution in [0.2, 0.25) is 0 Å². The van der Waals surface area contributed by atoms with E-state index < -0.39 is 0 Å². The van der Waals surface area contributed by atoms with Gasteiger partial charge in [0, 0.05) is 6.07 Å². The van der Waals surface area contributed by atoms with Gasteiger partial charge in [0.25, 0.3) is 0 Å². The van der Waals surface area contributed by atoms with Crippen LogP contribution in [0, 0.1) is 0 Å². The molecule has 1 rings (SSSR count). The zero-order valence-electron chi connectivity index (χ0n) is 6.28. The highest BCUT2D eigenvalue weighted by atomic mass is 32.2. The highest BCUT2D eigenvalue weighted by molar-refractivity contribution is 8.07. The second kappa shape index (κ2) is 4.03. The Kier molecular flexibility index (Phi) is 2.98. The number of rotatable bonds is 3. The van der Waals surface area contributed by atoms with Gasteiger partial charge in [0.2, 0.25) is 0 Å². The Balaban J connectivity index is 2.88. The van der Waals surface area contributed by atoms with Crippen molar-refractivity contribution in [2.75, 3.05) is 6.26 Å². The summed E-state index contributed by atoms with van der Waals surface area (Å²) in [5.74, 6) is 0.789. The summed E-state index contributed by atoms with van der Waals surface area (Å²) >= 11 is 1.61. The van der Waals surface area contributed by atoms with Gasteiger partial charge in [-0.25, -0.2) is 0 Å². The molecule has 0 spiro atoms. The van der Waals surface area contributed by atoms with Crippen LogP contribution in [-0.4, -0.2) is 11.4 Å². The molecule has 1 aromatic rings. The van der Waals surface area contributed by atoms with Gasteiger partial charge in [-0.3, -0.25) is 0 Å². The Morgan fingerprint density at radius 2 is 2.64 bits per heavy atom. The average molecular weight is 167 g/mol. The van der Waals surface area contributed by atoms with Crippen molar-refractivity contribution < 1.29 is 4.52 Å². The van der Waals surface area contributed by atoms with E-state index in [1.54, 1.807) is 24.0 Å². The van der Waals surface area contributed by atoms with Gasteiger partial charge in [0.1, 0.15) is 0 Å². The summed E-state index contributed by atoms with van der Waals surface area (Å²) in [7, 11) is 0. The molecular weight excluding hydrogens is 158 g/mol. The fourth-order valence-electron chi connectivity index (χ4n) is 0.701. The second-order valence-corrected chi connectivity index (χ2v) is 2.70. The molecule has 0 bridgehead atoms. The standard InChI is InChI=1S/C8H9NOS/c1-3-4-8(11-2)7-5-6-9-10-7/h3-6H,1H2,2H3/b8-4-. The van der Waals surface area contributed by atoms with Crippen LogP contribution >= 0.6 is 11.8 Å². The quantitative estimate of drug-likeness (QED) is 0.647. The van der Waals surface area contributed by atoms with Gasteiger partial charge in [-0.15, -0.1) is 11.8 Å². The molecular formula is C8H9NOS. The lowest BCUT2D eigenvalue weighted by Crippen LogP contribution is -1.71. The van der Waals surface area contributed by atoms with Gasteiger partial charge >= 0.3 is 0 Å². The third-order valence-electron chi connectivity index (χ3n) is 1.17. The normalized spacial score (nSPS) is 11.5. The Morgan fingerprint density at radius 1 is 1.82 bits per heavy atom. The lowest BCUT2D eigenvalue weighted by molar-refractivity contribution is 0.412. The van der Waals surface area contributed by atoms with E-state index in [9.17, 15) is 0 Å². The van der Waals surface area contributed by atoms with Gasteiger partial charge in [0.05, 0.1) is 11.1 Å². The van der Waals surface area contributed by atoms with Crippen molar-refractivity contribution in [2.45, 2.75) is 0 Å². The molecule has 0 N–H and O–H groups in total. The molecule has 2 nitrogen and oxygen atoms in total. The number of hydrogen-bond donors (Lipinski definition) is 0. The molecule has 0 saturated heterocycles. The largest absolute Gasteiger partial charge is 0.356 e. The smallest absolute Gasteiger partial charge is 0.173 e. The Morgan fingerprint density at radius 3 is 3.09 bits per heavy atom. The molecule has 0 saturated carbocycles. The van der Waals surface area contributed by atoms with Crippen molar-refractivity contribution in [3.8, 4) is 0 Å². The Hall–Kier alpha value is -0.960. The van der Waals surface area contributed by atoms with Crippen LogP contribution in [0.25, 0.3) is 4.91 Å².